The number of anilines is 2. The van der Waals surface area contributed by atoms with Crippen molar-refractivity contribution in [2.75, 3.05) is 30.0 Å². The monoisotopic (exact) mass is 698 g/mol. The highest BCUT2D eigenvalue weighted by atomic mass is 19.4. The molecule has 266 valence electrons. The fraction of sp³-hybridized carbons (Fsp3) is 0.567. The van der Waals surface area contributed by atoms with Gasteiger partial charge in [-0.1, -0.05) is 30.2 Å². The fourth-order valence-electron chi connectivity index (χ4n) is 5.82. The van der Waals surface area contributed by atoms with E-state index in [1.165, 1.54) is 38.8 Å². The number of alkyl halides is 9. The van der Waals surface area contributed by atoms with E-state index in [2.05, 4.69) is 20.1 Å². The summed E-state index contributed by atoms with van der Waals surface area (Å²) in [6.07, 6.45) is -14.9. The summed E-state index contributed by atoms with van der Waals surface area (Å²) in [5.74, 6) is -2.47. The Balaban J connectivity index is 2.14. The molecule has 1 amide bonds. The van der Waals surface area contributed by atoms with E-state index in [0.717, 1.165) is 16.8 Å². The van der Waals surface area contributed by atoms with Crippen LogP contribution in [0, 0.1) is 13.8 Å². The SMILES string of the molecule is CC/C(=C\C(=C/CC(F)(F)F)CCN(c1nnn(C)n1)C1CCCN(C(=O)C(=O)OC)c2c(cc(C)c(C(F)(F)F)c2C)C1)C(F)(F)F. The van der Waals surface area contributed by atoms with Crippen LogP contribution in [0.25, 0.3) is 0 Å². The Bertz CT molecular complexity index is 1540. The molecule has 1 aliphatic heterocycles. The van der Waals surface area contributed by atoms with Crippen molar-refractivity contribution >= 4 is 23.5 Å². The average Bonchev–Trinajstić information content (AvgIpc) is 3.38. The molecule has 9 nitrogen and oxygen atoms in total. The number of nitrogens with zero attached hydrogens (tertiary/aromatic N) is 6. The summed E-state index contributed by atoms with van der Waals surface area (Å²) in [4.78, 5) is 28.9. The Labute approximate surface area is 270 Å². The molecule has 1 aromatic carbocycles. The van der Waals surface area contributed by atoms with Crippen LogP contribution < -0.4 is 9.80 Å². The number of carbonyl (C=O) groups is 2. The molecule has 0 N–H and O–H groups in total. The van der Waals surface area contributed by atoms with Crippen molar-refractivity contribution in [1.82, 2.24) is 20.2 Å². The van der Waals surface area contributed by atoms with Gasteiger partial charge in [-0.05, 0) is 73.4 Å². The lowest BCUT2D eigenvalue weighted by Gasteiger charge is -2.37. The summed E-state index contributed by atoms with van der Waals surface area (Å²) in [7, 11) is 2.40. The molecule has 1 unspecified atom stereocenters. The number of aromatic nitrogens is 4. The van der Waals surface area contributed by atoms with Crippen molar-refractivity contribution < 1.29 is 53.8 Å². The molecule has 1 atom stereocenters. The van der Waals surface area contributed by atoms with Crippen LogP contribution in [0.1, 0.15) is 61.3 Å². The van der Waals surface area contributed by atoms with Gasteiger partial charge in [0.25, 0.3) is 5.95 Å². The molecule has 1 aromatic heterocycles. The van der Waals surface area contributed by atoms with Gasteiger partial charge in [-0.2, -0.15) is 44.3 Å². The molecule has 18 heteroatoms. The molecular formula is C30H35F9N6O3. The van der Waals surface area contributed by atoms with Crippen molar-refractivity contribution in [2.45, 2.75) is 83.9 Å². The van der Waals surface area contributed by atoms with Gasteiger partial charge in [0.15, 0.2) is 0 Å². The summed E-state index contributed by atoms with van der Waals surface area (Å²) >= 11 is 0. The van der Waals surface area contributed by atoms with Gasteiger partial charge in [0.1, 0.15) is 0 Å². The molecule has 2 aromatic rings. The largest absolute Gasteiger partial charge is 0.462 e. The number of fused-ring (bicyclic) bond motifs is 1. The van der Waals surface area contributed by atoms with Crippen molar-refractivity contribution in [2.24, 2.45) is 7.05 Å². The number of methoxy groups -OCH3 is 1. The van der Waals surface area contributed by atoms with Crippen molar-refractivity contribution in [3.8, 4) is 0 Å². The first-order valence-corrected chi connectivity index (χ1v) is 14.8. The predicted octanol–water partition coefficient (Wildman–Crippen LogP) is 6.73. The lowest BCUT2D eigenvalue weighted by molar-refractivity contribution is -0.151. The normalized spacial score (nSPS) is 16.7. The van der Waals surface area contributed by atoms with E-state index in [-0.39, 0.29) is 72.7 Å². The number of esters is 1. The van der Waals surface area contributed by atoms with Gasteiger partial charge in [-0.15, -0.1) is 5.10 Å². The number of benzene rings is 1. The van der Waals surface area contributed by atoms with Crippen LogP contribution in [0.3, 0.4) is 0 Å². The summed E-state index contributed by atoms with van der Waals surface area (Å²) in [5.41, 5.74) is -2.62. The molecule has 2 heterocycles. The zero-order chi connectivity index (χ0) is 36.2. The zero-order valence-electron chi connectivity index (χ0n) is 26.8. The maximum atomic E-state index is 14.2. The summed E-state index contributed by atoms with van der Waals surface area (Å²) < 4.78 is 127. The van der Waals surface area contributed by atoms with Crippen LogP contribution >= 0.6 is 0 Å². The fourth-order valence-corrected chi connectivity index (χ4v) is 5.82. The Morgan fingerprint density at radius 2 is 1.77 bits per heavy atom. The van der Waals surface area contributed by atoms with E-state index >= 15 is 0 Å². The highest BCUT2D eigenvalue weighted by Crippen LogP contribution is 2.42. The van der Waals surface area contributed by atoms with Gasteiger partial charge in [-0.25, -0.2) is 4.79 Å². The lowest BCUT2D eigenvalue weighted by atomic mass is 9.89. The standard InChI is InChI=1S/C30H35F9N6O3/c1-6-21(29(34,35)36)15-19(9-11-28(31,32)33)10-13-44(27-40-42-43(4)41-27)22-8-7-12-45(25(46)26(47)48-5)24-18(3)23(30(37,38)39)17(2)14-20(24)16-22/h9,14-15,22H,6-8,10-13,16H2,1-5H3/b19-9-,21-15+. The van der Waals surface area contributed by atoms with Crippen LogP contribution in [-0.4, -0.2) is 70.7 Å². The van der Waals surface area contributed by atoms with Crippen molar-refractivity contribution in [3.63, 3.8) is 0 Å². The number of ether oxygens (including phenoxy) is 1. The van der Waals surface area contributed by atoms with E-state index in [1.807, 2.05) is 0 Å². The minimum Gasteiger partial charge on any atom is -0.462 e. The summed E-state index contributed by atoms with van der Waals surface area (Å²) in [5, 5.41) is 12.0. The molecule has 0 fully saturated rings. The van der Waals surface area contributed by atoms with Gasteiger partial charge < -0.3 is 14.5 Å². The molecule has 1 aliphatic rings. The van der Waals surface area contributed by atoms with Crippen LogP contribution in [0.15, 0.2) is 29.4 Å². The molecule has 0 saturated heterocycles. The first kappa shape index (κ1) is 38.3. The van der Waals surface area contributed by atoms with Gasteiger partial charge in [-0.3, -0.25) is 4.79 Å². The van der Waals surface area contributed by atoms with Crippen LogP contribution in [0.4, 0.5) is 51.1 Å². The van der Waals surface area contributed by atoms with Crippen molar-refractivity contribution in [3.05, 3.63) is 51.6 Å². The third kappa shape index (κ3) is 9.49. The van der Waals surface area contributed by atoms with E-state index < -0.39 is 60.4 Å². The van der Waals surface area contributed by atoms with Crippen molar-refractivity contribution in [1.29, 1.82) is 0 Å². The van der Waals surface area contributed by atoms with Crippen LogP contribution in [0.2, 0.25) is 0 Å². The molecule has 0 bridgehead atoms. The molecule has 0 radical (unpaired) electrons. The Morgan fingerprint density at radius 3 is 2.29 bits per heavy atom. The number of hydrogen-bond acceptors (Lipinski definition) is 7. The molecule has 0 spiro atoms. The second-order valence-electron chi connectivity index (χ2n) is 11.3. The first-order valence-electron chi connectivity index (χ1n) is 14.8. The minimum absolute atomic E-state index is 0.0156. The maximum absolute atomic E-state index is 14.2. The number of tetrazole rings is 1. The van der Waals surface area contributed by atoms with Crippen LogP contribution in [0.5, 0.6) is 0 Å². The Morgan fingerprint density at radius 1 is 1.10 bits per heavy atom. The summed E-state index contributed by atoms with van der Waals surface area (Å²) in [6.45, 7) is 3.26. The number of amides is 1. The number of allylic oxidation sites excluding steroid dienone is 3. The Hall–Kier alpha value is -4.12. The number of aryl methyl sites for hydroxylation is 2. The average molecular weight is 699 g/mol. The number of rotatable bonds is 8. The molecular weight excluding hydrogens is 663 g/mol. The van der Waals surface area contributed by atoms with E-state index in [9.17, 15) is 49.1 Å². The molecule has 3 rings (SSSR count). The van der Waals surface area contributed by atoms with Gasteiger partial charge in [0.05, 0.1) is 31.8 Å². The molecule has 0 aliphatic carbocycles. The molecule has 0 saturated carbocycles. The highest BCUT2D eigenvalue weighted by Gasteiger charge is 2.40. The summed E-state index contributed by atoms with van der Waals surface area (Å²) in [6, 6.07) is 0.581. The predicted molar refractivity (Wildman–Crippen MR) is 156 cm³/mol. The third-order valence-electron chi connectivity index (χ3n) is 7.89. The lowest BCUT2D eigenvalue weighted by Crippen LogP contribution is -2.44. The van der Waals surface area contributed by atoms with Gasteiger partial charge in [0, 0.05) is 24.7 Å². The third-order valence-corrected chi connectivity index (χ3v) is 7.89. The van der Waals surface area contributed by atoms with Gasteiger partial charge in [0.2, 0.25) is 0 Å². The zero-order valence-corrected chi connectivity index (χ0v) is 26.8. The van der Waals surface area contributed by atoms with E-state index in [0.29, 0.717) is 12.2 Å². The highest BCUT2D eigenvalue weighted by molar-refractivity contribution is 6.38. The van der Waals surface area contributed by atoms with E-state index in [1.54, 1.807) is 0 Å². The quantitative estimate of drug-likeness (QED) is 0.131. The molecule has 48 heavy (non-hydrogen) atoms. The van der Waals surface area contributed by atoms with Crippen LogP contribution in [-0.2, 0) is 34.0 Å². The van der Waals surface area contributed by atoms with E-state index in [4.69, 9.17) is 0 Å². The number of hydrogen-bond donors (Lipinski definition) is 0. The minimum atomic E-state index is -4.80. The first-order chi connectivity index (χ1) is 22.2. The Kier molecular flexibility index (Phi) is 12.0. The number of carbonyl (C=O) groups excluding carboxylic acids is 2. The number of halogens is 9. The second kappa shape index (κ2) is 15.0. The van der Waals surface area contributed by atoms with Gasteiger partial charge >= 0.3 is 30.4 Å². The second-order valence-corrected chi connectivity index (χ2v) is 11.3. The smallest absolute Gasteiger partial charge is 0.416 e. The topological polar surface area (TPSA) is 93.5 Å². The maximum Gasteiger partial charge on any atom is 0.416 e.